The number of terminal acetylenes is 1. The van der Waals surface area contributed by atoms with Gasteiger partial charge in [-0.2, -0.15) is 0 Å². The molecule has 1 spiro atoms. The van der Waals surface area contributed by atoms with Crippen LogP contribution in [0.1, 0.15) is 104 Å². The van der Waals surface area contributed by atoms with Crippen LogP contribution < -0.4 is 15.8 Å². The maximum Gasteiger partial charge on any atom is 0.249 e. The van der Waals surface area contributed by atoms with Gasteiger partial charge in [-0.05, 0) is 73.8 Å². The molecule has 2 aromatic carbocycles. The van der Waals surface area contributed by atoms with Crippen molar-refractivity contribution in [2.24, 2.45) is 5.73 Å². The van der Waals surface area contributed by atoms with Crippen LogP contribution in [0.4, 0.5) is 0 Å². The average Bonchev–Trinajstić information content (AvgIpc) is 2.92. The molecule has 5 rings (SSSR count). The summed E-state index contributed by atoms with van der Waals surface area (Å²) in [6.07, 6.45) is 12.0. The number of nitrogens with zero attached hydrogens (tertiary/aromatic N) is 1. The summed E-state index contributed by atoms with van der Waals surface area (Å²) in [7, 11) is 0. The Morgan fingerprint density at radius 3 is 2.62 bits per heavy atom. The van der Waals surface area contributed by atoms with Crippen LogP contribution >= 0.6 is 0 Å². The highest BCUT2D eigenvalue weighted by Gasteiger charge is 2.51. The van der Waals surface area contributed by atoms with E-state index in [-0.39, 0.29) is 23.4 Å². The minimum Gasteiger partial charge on any atom is -0.486 e. The molecule has 39 heavy (non-hydrogen) atoms. The smallest absolute Gasteiger partial charge is 0.249 e. The van der Waals surface area contributed by atoms with Gasteiger partial charge in [0.25, 0.3) is 0 Å². The molecular weight excluding hydrogens is 488 g/mol. The van der Waals surface area contributed by atoms with Crippen LogP contribution in [-0.2, 0) is 11.2 Å². The van der Waals surface area contributed by atoms with E-state index in [4.69, 9.17) is 22.3 Å². The topological polar surface area (TPSA) is 109 Å². The Kier molecular flexibility index (Phi) is 7.15. The quantitative estimate of drug-likeness (QED) is 0.411. The summed E-state index contributed by atoms with van der Waals surface area (Å²) in [5, 5.41) is 12.1. The van der Waals surface area contributed by atoms with E-state index in [1.165, 1.54) is 4.90 Å². The number of primary amides is 1. The zero-order valence-electron chi connectivity index (χ0n) is 22.9. The number of carbonyl (C=O) groups is 2. The van der Waals surface area contributed by atoms with Gasteiger partial charge in [-0.25, -0.2) is 0 Å². The number of benzene rings is 2. The molecule has 204 valence electrons. The van der Waals surface area contributed by atoms with E-state index >= 15 is 0 Å². The molecule has 1 unspecified atom stereocenters. The number of hydrogen-bond acceptors (Lipinski definition) is 4. The normalized spacial score (nSPS) is 21.7. The molecule has 2 aromatic rings. The van der Waals surface area contributed by atoms with Crippen molar-refractivity contribution in [3.05, 3.63) is 64.7 Å². The second-order valence-corrected chi connectivity index (χ2v) is 11.3. The highest BCUT2D eigenvalue weighted by atomic mass is 16.5. The van der Waals surface area contributed by atoms with Crippen molar-refractivity contribution in [3.8, 4) is 18.1 Å². The number of ether oxygens (including phenoxy) is 1. The highest BCUT2D eigenvalue weighted by molar-refractivity contribution is 6.00. The van der Waals surface area contributed by atoms with Crippen molar-refractivity contribution in [2.45, 2.75) is 94.7 Å². The second-order valence-electron chi connectivity index (χ2n) is 11.3. The molecule has 4 N–H and O–H groups in total. The summed E-state index contributed by atoms with van der Waals surface area (Å²) in [5.74, 6) is 3.04. The number of guanidine groups is 1. The largest absolute Gasteiger partial charge is 0.486 e. The molecule has 0 radical (unpaired) electrons. The van der Waals surface area contributed by atoms with E-state index in [1.54, 1.807) is 0 Å². The Morgan fingerprint density at radius 2 is 2.00 bits per heavy atom. The van der Waals surface area contributed by atoms with Crippen molar-refractivity contribution in [3.63, 3.8) is 0 Å². The van der Waals surface area contributed by atoms with Crippen LogP contribution in [0.15, 0.2) is 42.5 Å². The lowest BCUT2D eigenvalue weighted by Gasteiger charge is -2.51. The van der Waals surface area contributed by atoms with Crippen LogP contribution in [-0.4, -0.2) is 33.8 Å². The molecule has 7 heteroatoms. The van der Waals surface area contributed by atoms with Gasteiger partial charge in [0, 0.05) is 23.4 Å². The predicted molar refractivity (Wildman–Crippen MR) is 152 cm³/mol. The molecule has 1 saturated heterocycles. The van der Waals surface area contributed by atoms with Crippen molar-refractivity contribution >= 4 is 17.8 Å². The number of nitrogens with one attached hydrogen (secondary N) is 2. The maximum absolute atomic E-state index is 13.5. The van der Waals surface area contributed by atoms with Crippen LogP contribution in [0.3, 0.4) is 0 Å². The van der Waals surface area contributed by atoms with Crippen LogP contribution in [0, 0.1) is 17.8 Å². The van der Waals surface area contributed by atoms with Gasteiger partial charge in [-0.3, -0.25) is 19.9 Å². The fourth-order valence-electron chi connectivity index (χ4n) is 6.66. The third-order valence-corrected chi connectivity index (χ3v) is 9.26. The molecule has 2 heterocycles. The first-order chi connectivity index (χ1) is 18.8. The monoisotopic (exact) mass is 526 g/mol. The first-order valence-electron chi connectivity index (χ1n) is 14.1. The summed E-state index contributed by atoms with van der Waals surface area (Å²) < 4.78 is 6.59. The predicted octanol–water partition coefficient (Wildman–Crippen LogP) is 5.20. The number of rotatable bonds is 8. The van der Waals surface area contributed by atoms with Gasteiger partial charge in [0.2, 0.25) is 11.8 Å². The van der Waals surface area contributed by atoms with E-state index in [1.807, 2.05) is 50.2 Å². The average molecular weight is 527 g/mol. The molecule has 0 aromatic heterocycles. The Morgan fingerprint density at radius 1 is 1.26 bits per heavy atom. The fourth-order valence-corrected chi connectivity index (χ4v) is 6.66. The molecule has 7 nitrogen and oxygen atoms in total. The van der Waals surface area contributed by atoms with Crippen LogP contribution in [0.25, 0.3) is 0 Å². The van der Waals surface area contributed by atoms with E-state index in [0.29, 0.717) is 24.8 Å². The molecule has 3 aliphatic rings. The van der Waals surface area contributed by atoms with Crippen molar-refractivity contribution in [1.82, 2.24) is 10.2 Å². The van der Waals surface area contributed by atoms with Crippen LogP contribution in [0.2, 0.25) is 0 Å². The third-order valence-electron chi connectivity index (χ3n) is 9.26. The molecule has 1 aliphatic carbocycles. The zero-order chi connectivity index (χ0) is 27.8. The number of nitrogens with two attached hydrogens (primary N) is 1. The van der Waals surface area contributed by atoms with Gasteiger partial charge in [-0.1, -0.05) is 44.2 Å². The van der Waals surface area contributed by atoms with E-state index in [2.05, 4.69) is 17.3 Å². The Balaban J connectivity index is 1.53. The molecule has 0 bridgehead atoms. The van der Waals surface area contributed by atoms with Gasteiger partial charge in [0.15, 0.2) is 5.96 Å². The summed E-state index contributed by atoms with van der Waals surface area (Å²) in [6, 6.07) is 13.4. The molecule has 2 atom stereocenters. The minimum atomic E-state index is -0.509. The lowest BCUT2D eigenvalue weighted by atomic mass is 9.64. The first kappa shape index (κ1) is 26.8. The third kappa shape index (κ3) is 4.67. The van der Waals surface area contributed by atoms with Gasteiger partial charge in [0.1, 0.15) is 11.4 Å². The van der Waals surface area contributed by atoms with Crippen LogP contribution in [0.5, 0.6) is 5.75 Å². The Bertz CT molecular complexity index is 1320. The zero-order valence-corrected chi connectivity index (χ0v) is 22.9. The number of para-hydroxylation sites is 1. The van der Waals surface area contributed by atoms with Gasteiger partial charge in [0.05, 0.1) is 12.5 Å². The summed E-state index contributed by atoms with van der Waals surface area (Å²) in [6.45, 7) is 4.06. The second kappa shape index (κ2) is 10.4. The first-order valence-corrected chi connectivity index (χ1v) is 14.1. The van der Waals surface area contributed by atoms with Gasteiger partial charge >= 0.3 is 0 Å². The minimum absolute atomic E-state index is 0.00633. The number of hydrogen-bond donors (Lipinski definition) is 3. The van der Waals surface area contributed by atoms with Crippen molar-refractivity contribution in [2.75, 3.05) is 0 Å². The molecule has 2 fully saturated rings. The summed E-state index contributed by atoms with van der Waals surface area (Å²) in [4.78, 5) is 27.9. The van der Waals surface area contributed by atoms with E-state index in [0.717, 1.165) is 61.0 Å². The molecule has 2 amide bonds. The summed E-state index contributed by atoms with van der Waals surface area (Å²) in [5.41, 5.74) is 8.43. The van der Waals surface area contributed by atoms with Crippen molar-refractivity contribution in [1.29, 1.82) is 5.41 Å². The van der Waals surface area contributed by atoms with E-state index < -0.39 is 17.5 Å². The SMILES string of the molecule is C#CCC[C@@H](c1ccc(C2Cc3ccccc3OC23CCC3)c(C(N)=O)c1)N1C(=N)NC(CC)(CC)CC1=O. The number of fused-ring (bicyclic) bond motifs is 1. The Hall–Kier alpha value is -3.79. The Labute approximate surface area is 231 Å². The lowest BCUT2D eigenvalue weighted by Crippen LogP contribution is -2.62. The molecule has 2 aliphatic heterocycles. The molecular formula is C32H38N4O3. The fraction of sp³-hybridized carbons (Fsp3) is 0.469. The van der Waals surface area contributed by atoms with Crippen molar-refractivity contribution < 1.29 is 14.3 Å². The highest BCUT2D eigenvalue weighted by Crippen LogP contribution is 2.53. The maximum atomic E-state index is 13.5. The number of amides is 2. The summed E-state index contributed by atoms with van der Waals surface area (Å²) >= 11 is 0. The van der Waals surface area contributed by atoms with Gasteiger partial charge in [-0.15, -0.1) is 12.3 Å². The molecule has 1 saturated carbocycles. The number of carbonyl (C=O) groups excluding carboxylic acids is 2. The lowest BCUT2D eigenvalue weighted by molar-refractivity contribution is -0.132. The standard InChI is InChI=1S/C32H38N4O3/c1-4-7-12-26(36-28(37)20-31(5-2,6-3)35-30(36)34)21-14-15-23(24(18-21)29(33)38)25-19-22-11-8-9-13-27(22)39-32(25)16-10-17-32/h1,8-9,11,13-15,18,25-26H,5-7,10,12,16-17,19-20H2,2-3H3,(H2,33,38)(H2,34,35)/t25?,26-/m0/s1. The van der Waals surface area contributed by atoms with E-state index in [9.17, 15) is 9.59 Å². The van der Waals surface area contributed by atoms with Gasteiger partial charge < -0.3 is 15.8 Å².